The molecule has 0 saturated heterocycles. The van der Waals surface area contributed by atoms with Crippen LogP contribution in [-0.4, -0.2) is 21.7 Å². The zero-order chi connectivity index (χ0) is 18.4. The molecule has 7 nitrogen and oxygen atoms in total. The molecule has 3 aromatic rings. The van der Waals surface area contributed by atoms with Gasteiger partial charge in [-0.1, -0.05) is 30.3 Å². The number of para-hydroxylation sites is 1. The fourth-order valence-electron chi connectivity index (χ4n) is 2.42. The summed E-state index contributed by atoms with van der Waals surface area (Å²) in [7, 11) is 0. The van der Waals surface area contributed by atoms with Crippen molar-refractivity contribution in [2.75, 3.05) is 0 Å². The van der Waals surface area contributed by atoms with Gasteiger partial charge in [-0.15, -0.1) is 0 Å². The lowest BCUT2D eigenvalue weighted by Gasteiger charge is -2.06. The van der Waals surface area contributed by atoms with Gasteiger partial charge in [0.25, 0.3) is 5.91 Å². The zero-order valence-corrected chi connectivity index (χ0v) is 14.1. The van der Waals surface area contributed by atoms with Gasteiger partial charge in [0.2, 0.25) is 0 Å². The maximum atomic E-state index is 12.2. The third kappa shape index (κ3) is 4.47. The van der Waals surface area contributed by atoms with Crippen molar-refractivity contribution >= 4 is 11.9 Å². The Hall–Kier alpha value is -3.61. The Morgan fingerprint density at radius 3 is 2.31 bits per heavy atom. The molecule has 1 aromatic heterocycles. The first-order valence-corrected chi connectivity index (χ1v) is 8.11. The van der Waals surface area contributed by atoms with E-state index in [0.29, 0.717) is 18.7 Å². The molecule has 0 radical (unpaired) electrons. The Morgan fingerprint density at radius 2 is 1.62 bits per heavy atom. The van der Waals surface area contributed by atoms with Crippen molar-refractivity contribution in [1.82, 2.24) is 20.4 Å². The van der Waals surface area contributed by atoms with E-state index in [1.165, 1.54) is 0 Å². The van der Waals surface area contributed by atoms with E-state index in [1.54, 1.807) is 35.1 Å². The summed E-state index contributed by atoms with van der Waals surface area (Å²) in [6.45, 7) is 0.715. The van der Waals surface area contributed by atoms with Crippen LogP contribution < -0.4 is 16.4 Å². The number of nitrogens with one attached hydrogen (secondary N) is 2. The van der Waals surface area contributed by atoms with Gasteiger partial charge in [0.05, 0.1) is 11.9 Å². The van der Waals surface area contributed by atoms with Crippen LogP contribution in [0.5, 0.6) is 0 Å². The third-order valence-corrected chi connectivity index (χ3v) is 3.79. The lowest BCUT2D eigenvalue weighted by Crippen LogP contribution is -2.28. The number of carbonyl (C=O) groups is 2. The summed E-state index contributed by atoms with van der Waals surface area (Å²) in [5, 5.41) is 9.67. The molecule has 1 heterocycles. The molecule has 3 amide bonds. The molecule has 7 heteroatoms. The molecule has 0 aliphatic rings. The van der Waals surface area contributed by atoms with Crippen LogP contribution in [0.3, 0.4) is 0 Å². The Balaban J connectivity index is 1.55. The summed E-state index contributed by atoms with van der Waals surface area (Å²) in [4.78, 5) is 22.9. The molecular formula is C19H19N5O2. The summed E-state index contributed by atoms with van der Waals surface area (Å²) in [6.07, 6.45) is 3.61. The molecule has 0 spiro atoms. The first kappa shape index (κ1) is 17.2. The van der Waals surface area contributed by atoms with E-state index in [1.807, 2.05) is 36.5 Å². The Kier molecular flexibility index (Phi) is 5.28. The average molecular weight is 349 g/mol. The number of carbonyl (C=O) groups excluding carboxylic acids is 2. The lowest BCUT2D eigenvalue weighted by atomic mass is 10.1. The molecule has 3 rings (SSSR count). The largest absolute Gasteiger partial charge is 0.352 e. The van der Waals surface area contributed by atoms with Crippen LogP contribution in [-0.2, 0) is 13.1 Å². The summed E-state index contributed by atoms with van der Waals surface area (Å²) in [5.74, 6) is -0.174. The molecular weight excluding hydrogens is 330 g/mol. The van der Waals surface area contributed by atoms with Crippen LogP contribution in [0, 0.1) is 0 Å². The van der Waals surface area contributed by atoms with E-state index in [0.717, 1.165) is 16.8 Å². The highest BCUT2D eigenvalue weighted by Gasteiger charge is 2.07. The molecule has 0 fully saturated rings. The molecule has 0 aliphatic heterocycles. The van der Waals surface area contributed by atoms with Crippen molar-refractivity contribution in [3.8, 4) is 5.69 Å². The van der Waals surface area contributed by atoms with Crippen molar-refractivity contribution in [2.24, 2.45) is 5.73 Å². The number of nitrogens with zero attached hydrogens (tertiary/aromatic N) is 2. The Bertz CT molecular complexity index is 888. The maximum absolute atomic E-state index is 12.2. The van der Waals surface area contributed by atoms with Crippen LogP contribution in [0.2, 0.25) is 0 Å². The minimum absolute atomic E-state index is 0.174. The number of primary amides is 1. The molecule has 26 heavy (non-hydrogen) atoms. The summed E-state index contributed by atoms with van der Waals surface area (Å²) >= 11 is 0. The van der Waals surface area contributed by atoms with Crippen LogP contribution >= 0.6 is 0 Å². The van der Waals surface area contributed by atoms with Crippen LogP contribution in [0.25, 0.3) is 5.69 Å². The van der Waals surface area contributed by atoms with Crippen molar-refractivity contribution in [1.29, 1.82) is 0 Å². The van der Waals surface area contributed by atoms with E-state index in [4.69, 9.17) is 5.73 Å². The minimum Gasteiger partial charge on any atom is -0.352 e. The van der Waals surface area contributed by atoms with Gasteiger partial charge in [-0.2, -0.15) is 5.10 Å². The van der Waals surface area contributed by atoms with Gasteiger partial charge >= 0.3 is 6.03 Å². The highest BCUT2D eigenvalue weighted by molar-refractivity contribution is 5.94. The second-order valence-electron chi connectivity index (χ2n) is 5.73. The summed E-state index contributed by atoms with van der Waals surface area (Å²) in [6, 6.07) is 16.2. The van der Waals surface area contributed by atoms with E-state index in [9.17, 15) is 9.59 Å². The monoisotopic (exact) mass is 349 g/mol. The number of aromatic nitrogens is 2. The second-order valence-corrected chi connectivity index (χ2v) is 5.73. The summed E-state index contributed by atoms with van der Waals surface area (Å²) < 4.78 is 1.77. The number of benzene rings is 2. The smallest absolute Gasteiger partial charge is 0.312 e. The molecule has 0 atom stereocenters. The van der Waals surface area contributed by atoms with Crippen molar-refractivity contribution < 1.29 is 9.59 Å². The number of hydrogen-bond donors (Lipinski definition) is 3. The minimum atomic E-state index is -0.581. The fraction of sp³-hybridized carbons (Fsp3) is 0.105. The van der Waals surface area contributed by atoms with Gasteiger partial charge in [-0.3, -0.25) is 4.79 Å². The molecule has 0 unspecified atom stereocenters. The highest BCUT2D eigenvalue weighted by atomic mass is 16.2. The molecule has 0 saturated carbocycles. The van der Waals surface area contributed by atoms with Gasteiger partial charge in [0.1, 0.15) is 0 Å². The van der Waals surface area contributed by atoms with Gasteiger partial charge in [-0.25, -0.2) is 9.48 Å². The number of nitrogens with two attached hydrogens (primary N) is 1. The molecule has 0 bridgehead atoms. The molecule has 2 aromatic carbocycles. The van der Waals surface area contributed by atoms with Gasteiger partial charge in [-0.05, 0) is 29.8 Å². The molecule has 4 N–H and O–H groups in total. The topological polar surface area (TPSA) is 102 Å². The lowest BCUT2D eigenvalue weighted by molar-refractivity contribution is 0.0951. The number of urea groups is 1. The maximum Gasteiger partial charge on any atom is 0.312 e. The third-order valence-electron chi connectivity index (χ3n) is 3.79. The molecule has 0 aliphatic carbocycles. The SMILES string of the molecule is NC(=O)NCc1ccc(C(=O)NCc2cnn(-c3ccccc3)c2)cc1. The van der Waals surface area contributed by atoms with Crippen LogP contribution in [0.4, 0.5) is 4.79 Å². The Morgan fingerprint density at radius 1 is 0.923 bits per heavy atom. The van der Waals surface area contributed by atoms with E-state index < -0.39 is 6.03 Å². The van der Waals surface area contributed by atoms with E-state index in [-0.39, 0.29) is 5.91 Å². The zero-order valence-electron chi connectivity index (χ0n) is 14.1. The molecule has 132 valence electrons. The van der Waals surface area contributed by atoms with Crippen molar-refractivity contribution in [3.63, 3.8) is 0 Å². The standard InChI is InChI=1S/C19H19N5O2/c20-19(26)22-10-14-6-8-16(9-7-14)18(25)21-11-15-12-23-24(13-15)17-4-2-1-3-5-17/h1-9,12-13H,10-11H2,(H,21,25)(H3,20,22,26). The van der Waals surface area contributed by atoms with Crippen LogP contribution in [0.1, 0.15) is 21.5 Å². The highest BCUT2D eigenvalue weighted by Crippen LogP contribution is 2.08. The van der Waals surface area contributed by atoms with Gasteiger partial charge in [0, 0.05) is 30.4 Å². The predicted molar refractivity (Wildman–Crippen MR) is 97.6 cm³/mol. The van der Waals surface area contributed by atoms with E-state index >= 15 is 0 Å². The number of rotatable bonds is 6. The second kappa shape index (κ2) is 7.98. The Labute approximate surface area is 150 Å². The number of hydrogen-bond acceptors (Lipinski definition) is 3. The first-order valence-electron chi connectivity index (χ1n) is 8.11. The van der Waals surface area contributed by atoms with E-state index in [2.05, 4.69) is 15.7 Å². The normalized spacial score (nSPS) is 10.3. The average Bonchev–Trinajstić information content (AvgIpc) is 3.14. The van der Waals surface area contributed by atoms with Gasteiger partial charge < -0.3 is 16.4 Å². The number of amides is 3. The predicted octanol–water partition coefficient (Wildman–Crippen LogP) is 1.97. The van der Waals surface area contributed by atoms with Crippen molar-refractivity contribution in [3.05, 3.63) is 83.7 Å². The summed E-state index contributed by atoms with van der Waals surface area (Å²) in [5.41, 5.74) is 8.31. The van der Waals surface area contributed by atoms with Crippen molar-refractivity contribution in [2.45, 2.75) is 13.1 Å². The first-order chi connectivity index (χ1) is 12.6. The fourth-order valence-corrected chi connectivity index (χ4v) is 2.42. The van der Waals surface area contributed by atoms with Crippen LogP contribution in [0.15, 0.2) is 67.0 Å². The quantitative estimate of drug-likeness (QED) is 0.634. The van der Waals surface area contributed by atoms with Gasteiger partial charge in [0.15, 0.2) is 0 Å².